The first-order valence-corrected chi connectivity index (χ1v) is 6.13. The number of halogens is 1. The van der Waals surface area contributed by atoms with Gasteiger partial charge in [-0.15, -0.1) is 0 Å². The Kier molecular flexibility index (Phi) is 4.02. The van der Waals surface area contributed by atoms with Crippen LogP contribution in [-0.2, 0) is 9.53 Å². The summed E-state index contributed by atoms with van der Waals surface area (Å²) in [6.45, 7) is 0.472. The molecule has 0 aliphatic heterocycles. The third-order valence-electron chi connectivity index (χ3n) is 2.87. The van der Waals surface area contributed by atoms with Crippen LogP contribution in [0.5, 0.6) is 0 Å². The van der Waals surface area contributed by atoms with Crippen molar-refractivity contribution in [3.8, 4) is 0 Å². The Morgan fingerprint density at radius 2 is 2.12 bits per heavy atom. The molecule has 0 aromatic heterocycles. The Morgan fingerprint density at radius 3 is 2.65 bits per heavy atom. The minimum Gasteiger partial charge on any atom is -0.382 e. The molecular weight excluding hydrogens is 238 g/mol. The van der Waals surface area contributed by atoms with Gasteiger partial charge in [-0.1, -0.05) is 23.7 Å². The Bertz CT molecular complexity index is 387. The van der Waals surface area contributed by atoms with Crippen molar-refractivity contribution in [1.29, 1.82) is 0 Å². The van der Waals surface area contributed by atoms with Crippen molar-refractivity contribution < 1.29 is 9.53 Å². The number of ether oxygens (including phenoxy) is 1. The summed E-state index contributed by atoms with van der Waals surface area (Å²) in [5, 5.41) is 3.70. The van der Waals surface area contributed by atoms with Gasteiger partial charge < -0.3 is 10.1 Å². The molecule has 3 nitrogen and oxygen atoms in total. The van der Waals surface area contributed by atoms with Crippen LogP contribution in [0.25, 0.3) is 0 Å². The summed E-state index contributed by atoms with van der Waals surface area (Å²) >= 11 is 5.84. The molecule has 0 spiro atoms. The number of carbonyl (C=O) groups excluding carboxylic acids is 1. The van der Waals surface area contributed by atoms with Gasteiger partial charge >= 0.3 is 0 Å². The lowest BCUT2D eigenvalue weighted by atomic mass is 10.1. The maximum Gasteiger partial charge on any atom is 0.223 e. The summed E-state index contributed by atoms with van der Waals surface area (Å²) in [7, 11) is 1.63. The molecule has 0 radical (unpaired) electrons. The zero-order valence-corrected chi connectivity index (χ0v) is 10.5. The first-order chi connectivity index (χ1) is 8.20. The zero-order chi connectivity index (χ0) is 12.3. The smallest absolute Gasteiger partial charge is 0.223 e. The minimum absolute atomic E-state index is 0.0923. The lowest BCUT2D eigenvalue weighted by Gasteiger charge is -2.18. The van der Waals surface area contributed by atoms with Gasteiger partial charge in [-0.05, 0) is 30.5 Å². The highest BCUT2D eigenvalue weighted by Crippen LogP contribution is 2.30. The van der Waals surface area contributed by atoms with E-state index in [1.807, 2.05) is 24.3 Å². The largest absolute Gasteiger partial charge is 0.382 e. The van der Waals surface area contributed by atoms with Crippen molar-refractivity contribution in [2.75, 3.05) is 13.7 Å². The second-order valence-corrected chi connectivity index (χ2v) is 4.78. The number of benzene rings is 1. The lowest BCUT2D eigenvalue weighted by Crippen LogP contribution is -2.32. The fraction of sp³-hybridized carbons (Fsp3) is 0.462. The second kappa shape index (κ2) is 5.52. The van der Waals surface area contributed by atoms with E-state index in [1.54, 1.807) is 7.11 Å². The van der Waals surface area contributed by atoms with Crippen molar-refractivity contribution in [2.24, 2.45) is 5.92 Å². The van der Waals surface area contributed by atoms with Crippen molar-refractivity contribution in [2.45, 2.75) is 18.9 Å². The predicted octanol–water partition coefficient (Wildman–Crippen LogP) is 2.55. The van der Waals surface area contributed by atoms with Crippen LogP contribution in [-0.4, -0.2) is 19.6 Å². The van der Waals surface area contributed by atoms with Crippen LogP contribution in [0, 0.1) is 5.92 Å². The van der Waals surface area contributed by atoms with E-state index in [2.05, 4.69) is 5.32 Å². The van der Waals surface area contributed by atoms with Crippen LogP contribution in [0.1, 0.15) is 24.4 Å². The average molecular weight is 254 g/mol. The molecule has 1 aromatic carbocycles. The van der Waals surface area contributed by atoms with Crippen LogP contribution in [0.4, 0.5) is 0 Å². The molecule has 1 saturated carbocycles. The van der Waals surface area contributed by atoms with Gasteiger partial charge in [0.2, 0.25) is 5.91 Å². The Balaban J connectivity index is 2.04. The fourth-order valence-electron chi connectivity index (χ4n) is 1.72. The molecule has 4 heteroatoms. The van der Waals surface area contributed by atoms with E-state index >= 15 is 0 Å². The molecule has 1 aromatic rings. The molecule has 1 aliphatic rings. The van der Waals surface area contributed by atoms with Gasteiger partial charge in [0.05, 0.1) is 12.6 Å². The van der Waals surface area contributed by atoms with Crippen molar-refractivity contribution in [1.82, 2.24) is 5.32 Å². The van der Waals surface area contributed by atoms with Crippen LogP contribution >= 0.6 is 11.6 Å². The number of amides is 1. The van der Waals surface area contributed by atoms with E-state index in [9.17, 15) is 4.79 Å². The van der Waals surface area contributed by atoms with Gasteiger partial charge in [0.15, 0.2) is 0 Å². The SMILES string of the molecule is COC[C@@H](NC(=O)C1CC1)c1ccc(Cl)cc1. The van der Waals surface area contributed by atoms with E-state index in [0.29, 0.717) is 11.6 Å². The molecule has 1 amide bonds. The van der Waals surface area contributed by atoms with E-state index in [-0.39, 0.29) is 17.9 Å². The van der Waals surface area contributed by atoms with Crippen LogP contribution in [0.3, 0.4) is 0 Å². The molecule has 0 unspecified atom stereocenters. The van der Waals surface area contributed by atoms with Gasteiger partial charge in [0, 0.05) is 18.1 Å². The average Bonchev–Trinajstić information content (AvgIpc) is 3.13. The first kappa shape index (κ1) is 12.4. The summed E-state index contributed by atoms with van der Waals surface area (Å²) in [5.74, 6) is 0.337. The normalized spacial score (nSPS) is 16.6. The molecule has 0 heterocycles. The predicted molar refractivity (Wildman–Crippen MR) is 66.9 cm³/mol. The number of nitrogens with one attached hydrogen (secondary N) is 1. The summed E-state index contributed by atoms with van der Waals surface area (Å²) in [4.78, 5) is 11.7. The third-order valence-corrected chi connectivity index (χ3v) is 3.12. The maximum absolute atomic E-state index is 11.7. The molecule has 17 heavy (non-hydrogen) atoms. The highest BCUT2D eigenvalue weighted by atomic mass is 35.5. The topological polar surface area (TPSA) is 38.3 Å². The number of hydrogen-bond acceptors (Lipinski definition) is 2. The monoisotopic (exact) mass is 253 g/mol. The van der Waals surface area contributed by atoms with Crippen molar-refractivity contribution in [3.05, 3.63) is 34.9 Å². The van der Waals surface area contributed by atoms with E-state index in [1.165, 1.54) is 0 Å². The van der Waals surface area contributed by atoms with E-state index in [4.69, 9.17) is 16.3 Å². The van der Waals surface area contributed by atoms with Crippen LogP contribution in [0.2, 0.25) is 5.02 Å². The molecule has 2 rings (SSSR count). The molecule has 92 valence electrons. The van der Waals surface area contributed by atoms with E-state index < -0.39 is 0 Å². The van der Waals surface area contributed by atoms with Gasteiger partial charge in [-0.2, -0.15) is 0 Å². The molecule has 1 atom stereocenters. The zero-order valence-electron chi connectivity index (χ0n) is 9.78. The van der Waals surface area contributed by atoms with Crippen molar-refractivity contribution >= 4 is 17.5 Å². The highest BCUT2D eigenvalue weighted by molar-refractivity contribution is 6.30. The lowest BCUT2D eigenvalue weighted by molar-refractivity contribution is -0.123. The maximum atomic E-state index is 11.7. The number of hydrogen-bond donors (Lipinski definition) is 1. The van der Waals surface area contributed by atoms with E-state index in [0.717, 1.165) is 18.4 Å². The summed E-state index contributed by atoms with van der Waals surface area (Å²) < 4.78 is 5.14. The Morgan fingerprint density at radius 1 is 1.47 bits per heavy atom. The van der Waals surface area contributed by atoms with Gasteiger partial charge in [0.25, 0.3) is 0 Å². The molecule has 0 saturated heterocycles. The van der Waals surface area contributed by atoms with Crippen LogP contribution < -0.4 is 5.32 Å². The molecule has 1 aliphatic carbocycles. The Hall–Kier alpha value is -1.06. The second-order valence-electron chi connectivity index (χ2n) is 4.34. The number of methoxy groups -OCH3 is 1. The highest BCUT2D eigenvalue weighted by Gasteiger charge is 2.31. The summed E-state index contributed by atoms with van der Waals surface area (Å²) in [6, 6.07) is 7.38. The minimum atomic E-state index is -0.0923. The first-order valence-electron chi connectivity index (χ1n) is 5.75. The molecular formula is C13H16ClNO2. The molecule has 1 fully saturated rings. The number of rotatable bonds is 5. The summed E-state index contributed by atoms with van der Waals surface area (Å²) in [6.07, 6.45) is 2.01. The third kappa shape index (κ3) is 3.45. The molecule has 0 bridgehead atoms. The van der Waals surface area contributed by atoms with Gasteiger partial charge in [0.1, 0.15) is 0 Å². The quantitative estimate of drug-likeness (QED) is 0.876. The number of carbonyl (C=O) groups is 1. The standard InChI is InChI=1S/C13H16ClNO2/c1-17-8-12(15-13(16)10-2-3-10)9-4-6-11(14)7-5-9/h4-7,10,12H,2-3,8H2,1H3,(H,15,16)/t12-/m1/s1. The fourth-order valence-corrected chi connectivity index (χ4v) is 1.84. The molecule has 1 N–H and O–H groups in total. The van der Waals surface area contributed by atoms with Crippen molar-refractivity contribution in [3.63, 3.8) is 0 Å². The van der Waals surface area contributed by atoms with Gasteiger partial charge in [-0.3, -0.25) is 4.79 Å². The van der Waals surface area contributed by atoms with Crippen LogP contribution in [0.15, 0.2) is 24.3 Å². The summed E-state index contributed by atoms with van der Waals surface area (Å²) in [5.41, 5.74) is 1.02. The Labute approximate surface area is 106 Å². The van der Waals surface area contributed by atoms with Gasteiger partial charge in [-0.25, -0.2) is 0 Å².